The van der Waals surface area contributed by atoms with Crippen LogP contribution in [0.4, 0.5) is 8.78 Å². The second-order valence-electron chi connectivity index (χ2n) is 4.44. The maximum absolute atomic E-state index is 12.9. The van der Waals surface area contributed by atoms with Gasteiger partial charge in [-0.05, 0) is 38.5 Å². The Morgan fingerprint density at radius 2 is 1.94 bits per heavy atom. The third-order valence-corrected chi connectivity index (χ3v) is 3.27. The monoisotopic (exact) mass is 247 g/mol. The Morgan fingerprint density at radius 1 is 1.31 bits per heavy atom. The molecule has 0 aliphatic rings. The van der Waals surface area contributed by atoms with Crippen LogP contribution in [0.1, 0.15) is 26.3 Å². The van der Waals surface area contributed by atoms with Crippen molar-refractivity contribution < 1.29 is 8.78 Å². The lowest BCUT2D eigenvalue weighted by Crippen LogP contribution is -2.45. The van der Waals surface area contributed by atoms with Crippen molar-refractivity contribution in [3.8, 4) is 0 Å². The molecule has 16 heavy (non-hydrogen) atoms. The molecule has 1 atom stereocenters. The Kier molecular flexibility index (Phi) is 4.28. The summed E-state index contributed by atoms with van der Waals surface area (Å²) in [5, 5.41) is 3.14. The molecule has 1 N–H and O–H groups in total. The van der Waals surface area contributed by atoms with E-state index < -0.39 is 11.6 Å². The first-order chi connectivity index (χ1) is 7.33. The van der Waals surface area contributed by atoms with Crippen molar-refractivity contribution in [2.45, 2.75) is 38.2 Å². The van der Waals surface area contributed by atoms with E-state index >= 15 is 0 Å². The van der Waals surface area contributed by atoms with Crippen LogP contribution in [0.3, 0.4) is 0 Å². The molecule has 0 aromatic heterocycles. The Morgan fingerprint density at radius 3 is 2.44 bits per heavy atom. The maximum atomic E-state index is 12.9. The van der Waals surface area contributed by atoms with Gasteiger partial charge in [-0.2, -0.15) is 0 Å². The standard InChI is InChI=1S/C12H16ClF2N/c1-8(13)12(2,3)16-7-9-4-5-10(14)11(15)6-9/h4-6,8,16H,7H2,1-3H3. The smallest absolute Gasteiger partial charge is 0.159 e. The van der Waals surface area contributed by atoms with E-state index in [1.165, 1.54) is 6.07 Å². The molecular formula is C12H16ClF2N. The van der Waals surface area contributed by atoms with E-state index in [1.807, 2.05) is 20.8 Å². The third-order valence-electron chi connectivity index (χ3n) is 2.73. The number of alkyl halides is 1. The molecule has 0 radical (unpaired) electrons. The average Bonchev–Trinajstić information content (AvgIpc) is 2.20. The molecule has 0 aliphatic carbocycles. The Bertz CT molecular complexity index is 364. The van der Waals surface area contributed by atoms with Crippen molar-refractivity contribution in [1.29, 1.82) is 0 Å². The van der Waals surface area contributed by atoms with Gasteiger partial charge in [-0.15, -0.1) is 11.6 Å². The van der Waals surface area contributed by atoms with Gasteiger partial charge in [0.15, 0.2) is 11.6 Å². The zero-order valence-corrected chi connectivity index (χ0v) is 10.4. The van der Waals surface area contributed by atoms with Crippen molar-refractivity contribution in [3.63, 3.8) is 0 Å². The molecule has 0 saturated heterocycles. The van der Waals surface area contributed by atoms with Gasteiger partial charge in [0.25, 0.3) is 0 Å². The molecular weight excluding hydrogens is 232 g/mol. The number of hydrogen-bond acceptors (Lipinski definition) is 1. The molecule has 1 unspecified atom stereocenters. The van der Waals surface area contributed by atoms with E-state index in [0.29, 0.717) is 12.1 Å². The number of halogens is 3. The molecule has 0 aliphatic heterocycles. The van der Waals surface area contributed by atoms with Crippen molar-refractivity contribution in [1.82, 2.24) is 5.32 Å². The molecule has 90 valence electrons. The van der Waals surface area contributed by atoms with Crippen LogP contribution < -0.4 is 5.32 Å². The van der Waals surface area contributed by atoms with Crippen LogP contribution in [-0.4, -0.2) is 10.9 Å². The first-order valence-electron chi connectivity index (χ1n) is 5.16. The molecule has 4 heteroatoms. The summed E-state index contributed by atoms with van der Waals surface area (Å²) < 4.78 is 25.6. The molecule has 0 fully saturated rings. The predicted octanol–water partition coefficient (Wildman–Crippen LogP) is 3.46. The van der Waals surface area contributed by atoms with Gasteiger partial charge < -0.3 is 5.32 Å². The van der Waals surface area contributed by atoms with Crippen molar-refractivity contribution in [2.75, 3.05) is 0 Å². The van der Waals surface area contributed by atoms with E-state index in [2.05, 4.69) is 5.32 Å². The zero-order valence-electron chi connectivity index (χ0n) is 9.65. The van der Waals surface area contributed by atoms with Crippen LogP contribution >= 0.6 is 11.6 Å². The summed E-state index contributed by atoms with van der Waals surface area (Å²) in [7, 11) is 0. The van der Waals surface area contributed by atoms with Crippen LogP contribution in [0.25, 0.3) is 0 Å². The van der Waals surface area contributed by atoms with E-state index in [1.54, 1.807) is 6.07 Å². The van der Waals surface area contributed by atoms with Gasteiger partial charge in [0.05, 0.1) is 0 Å². The van der Waals surface area contributed by atoms with Crippen molar-refractivity contribution in [2.24, 2.45) is 0 Å². The normalized spacial score (nSPS) is 13.9. The Balaban J connectivity index is 2.65. The first kappa shape index (κ1) is 13.4. The van der Waals surface area contributed by atoms with Gasteiger partial charge in [0.2, 0.25) is 0 Å². The molecule has 0 spiro atoms. The van der Waals surface area contributed by atoms with Crippen LogP contribution in [0.2, 0.25) is 0 Å². The van der Waals surface area contributed by atoms with Gasteiger partial charge in [-0.1, -0.05) is 6.07 Å². The molecule has 0 bridgehead atoms. The third kappa shape index (κ3) is 3.42. The van der Waals surface area contributed by atoms with Crippen molar-refractivity contribution >= 4 is 11.6 Å². The molecule has 1 aromatic rings. The van der Waals surface area contributed by atoms with Crippen LogP contribution in [0.15, 0.2) is 18.2 Å². The first-order valence-corrected chi connectivity index (χ1v) is 5.59. The lowest BCUT2D eigenvalue weighted by molar-refractivity contribution is 0.379. The fourth-order valence-electron chi connectivity index (χ4n) is 1.12. The summed E-state index contributed by atoms with van der Waals surface area (Å²) in [5.41, 5.74) is 0.441. The number of rotatable bonds is 4. The van der Waals surface area contributed by atoms with Gasteiger partial charge in [0, 0.05) is 17.5 Å². The fourth-order valence-corrected chi connectivity index (χ4v) is 1.20. The number of nitrogens with one attached hydrogen (secondary N) is 1. The summed E-state index contributed by atoms with van der Waals surface area (Å²) >= 11 is 6.00. The van der Waals surface area contributed by atoms with E-state index in [0.717, 1.165) is 6.07 Å². The highest BCUT2D eigenvalue weighted by Crippen LogP contribution is 2.16. The zero-order chi connectivity index (χ0) is 12.3. The summed E-state index contributed by atoms with van der Waals surface area (Å²) in [4.78, 5) is 0. The lowest BCUT2D eigenvalue weighted by atomic mass is 10.0. The number of hydrogen-bond donors (Lipinski definition) is 1. The summed E-state index contributed by atoms with van der Waals surface area (Å²) in [5.74, 6) is -1.65. The Labute approximate surface area is 99.8 Å². The highest BCUT2D eigenvalue weighted by molar-refractivity contribution is 6.21. The second kappa shape index (κ2) is 5.11. The average molecular weight is 248 g/mol. The largest absolute Gasteiger partial charge is 0.306 e. The second-order valence-corrected chi connectivity index (χ2v) is 5.09. The minimum atomic E-state index is -0.825. The van der Waals surface area contributed by atoms with Gasteiger partial charge >= 0.3 is 0 Å². The molecule has 0 amide bonds. The van der Waals surface area contributed by atoms with Crippen LogP contribution in [-0.2, 0) is 6.54 Å². The highest BCUT2D eigenvalue weighted by atomic mass is 35.5. The SMILES string of the molecule is CC(Cl)C(C)(C)NCc1ccc(F)c(F)c1. The summed E-state index contributed by atoms with van der Waals surface area (Å²) in [6.07, 6.45) is 0. The van der Waals surface area contributed by atoms with Gasteiger partial charge in [-0.25, -0.2) is 8.78 Å². The van der Waals surface area contributed by atoms with E-state index in [4.69, 9.17) is 11.6 Å². The molecule has 0 heterocycles. The van der Waals surface area contributed by atoms with E-state index in [9.17, 15) is 8.78 Å². The van der Waals surface area contributed by atoms with E-state index in [-0.39, 0.29) is 10.9 Å². The van der Waals surface area contributed by atoms with Crippen molar-refractivity contribution in [3.05, 3.63) is 35.4 Å². The minimum absolute atomic E-state index is 0.0576. The predicted molar refractivity (Wildman–Crippen MR) is 62.6 cm³/mol. The highest BCUT2D eigenvalue weighted by Gasteiger charge is 2.22. The summed E-state index contributed by atoms with van der Waals surface area (Å²) in [6, 6.07) is 3.88. The Hall–Kier alpha value is -0.670. The minimum Gasteiger partial charge on any atom is -0.306 e. The van der Waals surface area contributed by atoms with Crippen LogP contribution in [0.5, 0.6) is 0 Å². The van der Waals surface area contributed by atoms with Gasteiger partial charge in [-0.3, -0.25) is 0 Å². The fraction of sp³-hybridized carbons (Fsp3) is 0.500. The maximum Gasteiger partial charge on any atom is 0.159 e. The molecule has 0 saturated carbocycles. The van der Waals surface area contributed by atoms with Crippen LogP contribution in [0, 0.1) is 11.6 Å². The summed E-state index contributed by atoms with van der Waals surface area (Å²) in [6.45, 7) is 6.27. The number of benzene rings is 1. The molecule has 1 rings (SSSR count). The quantitative estimate of drug-likeness (QED) is 0.804. The molecule has 1 nitrogen and oxygen atoms in total. The van der Waals surface area contributed by atoms with Gasteiger partial charge in [0.1, 0.15) is 0 Å². The lowest BCUT2D eigenvalue weighted by Gasteiger charge is -2.29. The topological polar surface area (TPSA) is 12.0 Å². The molecule has 1 aromatic carbocycles.